The minimum absolute atomic E-state index is 0.0760. The minimum atomic E-state index is -0.469. The molecule has 1 unspecified atom stereocenters. The SMILES string of the molecule is CC(=O)NC(CO)CN=[N+]=[N-]. The molecule has 62 valence electrons. The number of nitrogens with one attached hydrogen (secondary N) is 1. The van der Waals surface area contributed by atoms with Gasteiger partial charge >= 0.3 is 0 Å². The van der Waals surface area contributed by atoms with E-state index in [0.717, 1.165) is 0 Å². The molecule has 0 aliphatic heterocycles. The molecule has 0 aromatic rings. The summed E-state index contributed by atoms with van der Waals surface area (Å²) in [4.78, 5) is 12.9. The Bertz CT molecular complexity index is 171. The monoisotopic (exact) mass is 158 g/mol. The first-order valence-electron chi connectivity index (χ1n) is 3.09. The summed E-state index contributed by atoms with van der Waals surface area (Å²) in [5.74, 6) is -0.253. The summed E-state index contributed by atoms with van der Waals surface area (Å²) in [7, 11) is 0. The number of hydrogen-bond donors (Lipinski definition) is 2. The first kappa shape index (κ1) is 9.74. The number of nitrogens with zero attached hydrogens (tertiary/aromatic N) is 3. The van der Waals surface area contributed by atoms with E-state index in [2.05, 4.69) is 15.3 Å². The third-order valence-corrected chi connectivity index (χ3v) is 0.993. The third kappa shape index (κ3) is 5.20. The molecular weight excluding hydrogens is 148 g/mol. The fourth-order valence-corrected chi connectivity index (χ4v) is 0.572. The van der Waals surface area contributed by atoms with Crippen molar-refractivity contribution in [3.05, 3.63) is 10.4 Å². The van der Waals surface area contributed by atoms with Crippen molar-refractivity contribution in [2.45, 2.75) is 13.0 Å². The van der Waals surface area contributed by atoms with Gasteiger partial charge in [-0.2, -0.15) is 0 Å². The lowest BCUT2D eigenvalue weighted by atomic mass is 10.3. The highest BCUT2D eigenvalue weighted by Gasteiger charge is 2.05. The molecular formula is C5H10N4O2. The van der Waals surface area contributed by atoms with Crippen molar-refractivity contribution >= 4 is 5.91 Å². The summed E-state index contributed by atoms with van der Waals surface area (Å²) < 4.78 is 0. The van der Waals surface area contributed by atoms with E-state index in [0.29, 0.717) is 0 Å². The van der Waals surface area contributed by atoms with Crippen molar-refractivity contribution in [1.82, 2.24) is 5.32 Å². The van der Waals surface area contributed by atoms with Crippen LogP contribution in [0.5, 0.6) is 0 Å². The molecule has 0 saturated heterocycles. The molecule has 6 heteroatoms. The highest BCUT2D eigenvalue weighted by molar-refractivity contribution is 5.73. The topological polar surface area (TPSA) is 98.1 Å². The Balaban J connectivity index is 3.75. The maximum Gasteiger partial charge on any atom is 0.217 e. The normalized spacial score (nSPS) is 11.5. The molecule has 0 aliphatic rings. The van der Waals surface area contributed by atoms with Crippen molar-refractivity contribution in [2.24, 2.45) is 5.11 Å². The summed E-state index contributed by atoms with van der Waals surface area (Å²) in [5, 5.41) is 14.2. The quantitative estimate of drug-likeness (QED) is 0.336. The lowest BCUT2D eigenvalue weighted by Crippen LogP contribution is -2.38. The van der Waals surface area contributed by atoms with Crippen LogP contribution in [-0.2, 0) is 4.79 Å². The number of carbonyl (C=O) groups excluding carboxylic acids is 1. The van der Waals surface area contributed by atoms with Crippen LogP contribution < -0.4 is 5.32 Å². The highest BCUT2D eigenvalue weighted by Crippen LogP contribution is 1.83. The molecule has 0 fully saturated rings. The van der Waals surface area contributed by atoms with Crippen LogP contribution in [0.15, 0.2) is 5.11 Å². The second kappa shape index (κ2) is 5.52. The maximum absolute atomic E-state index is 10.4. The Morgan fingerprint density at radius 3 is 2.91 bits per heavy atom. The molecule has 0 aromatic carbocycles. The zero-order valence-corrected chi connectivity index (χ0v) is 6.19. The number of amides is 1. The van der Waals surface area contributed by atoms with E-state index in [1.54, 1.807) is 0 Å². The van der Waals surface area contributed by atoms with Crippen LogP contribution in [0.1, 0.15) is 6.92 Å². The van der Waals surface area contributed by atoms with Gasteiger partial charge in [0.1, 0.15) is 0 Å². The van der Waals surface area contributed by atoms with Crippen LogP contribution in [0.3, 0.4) is 0 Å². The molecule has 0 aromatic heterocycles. The van der Waals surface area contributed by atoms with Crippen LogP contribution in [0.25, 0.3) is 10.4 Å². The molecule has 6 nitrogen and oxygen atoms in total. The van der Waals surface area contributed by atoms with Crippen LogP contribution in [0.2, 0.25) is 0 Å². The van der Waals surface area contributed by atoms with Crippen LogP contribution in [0.4, 0.5) is 0 Å². The summed E-state index contributed by atoms with van der Waals surface area (Å²) in [6, 6.07) is -0.469. The van der Waals surface area contributed by atoms with E-state index in [1.807, 2.05) is 0 Å². The van der Waals surface area contributed by atoms with Gasteiger partial charge in [0.25, 0.3) is 0 Å². The van der Waals surface area contributed by atoms with Gasteiger partial charge < -0.3 is 10.4 Å². The van der Waals surface area contributed by atoms with E-state index in [-0.39, 0.29) is 19.1 Å². The number of aliphatic hydroxyl groups excluding tert-OH is 1. The van der Waals surface area contributed by atoms with E-state index < -0.39 is 6.04 Å². The lowest BCUT2D eigenvalue weighted by Gasteiger charge is -2.10. The largest absolute Gasteiger partial charge is 0.394 e. The third-order valence-electron chi connectivity index (χ3n) is 0.993. The fourth-order valence-electron chi connectivity index (χ4n) is 0.572. The second-order valence-electron chi connectivity index (χ2n) is 1.99. The first-order valence-corrected chi connectivity index (χ1v) is 3.09. The Hall–Kier alpha value is -1.26. The van der Waals surface area contributed by atoms with Gasteiger partial charge in [0, 0.05) is 18.4 Å². The molecule has 1 amide bonds. The van der Waals surface area contributed by atoms with E-state index in [9.17, 15) is 4.79 Å². The van der Waals surface area contributed by atoms with Crippen molar-refractivity contribution in [3.8, 4) is 0 Å². The second-order valence-corrected chi connectivity index (χ2v) is 1.99. The van der Waals surface area contributed by atoms with Crippen molar-refractivity contribution in [3.63, 3.8) is 0 Å². The first-order chi connectivity index (χ1) is 5.20. The molecule has 1 atom stereocenters. The van der Waals surface area contributed by atoms with Gasteiger partial charge in [0.2, 0.25) is 5.91 Å². The number of carbonyl (C=O) groups is 1. The van der Waals surface area contributed by atoms with Gasteiger partial charge in [-0.1, -0.05) is 5.11 Å². The van der Waals surface area contributed by atoms with Crippen LogP contribution >= 0.6 is 0 Å². The molecule has 0 rings (SSSR count). The molecule has 0 aliphatic carbocycles. The van der Waals surface area contributed by atoms with Gasteiger partial charge in [-0.05, 0) is 5.53 Å². The van der Waals surface area contributed by atoms with Crippen molar-refractivity contribution in [1.29, 1.82) is 0 Å². The molecule has 11 heavy (non-hydrogen) atoms. The smallest absolute Gasteiger partial charge is 0.217 e. The predicted octanol–water partition coefficient (Wildman–Crippen LogP) is -0.206. The minimum Gasteiger partial charge on any atom is -0.394 e. The predicted molar refractivity (Wildman–Crippen MR) is 38.7 cm³/mol. The molecule has 0 bridgehead atoms. The van der Waals surface area contributed by atoms with Gasteiger partial charge in [-0.25, -0.2) is 0 Å². The van der Waals surface area contributed by atoms with E-state index >= 15 is 0 Å². The molecule has 0 radical (unpaired) electrons. The fraction of sp³-hybridized carbons (Fsp3) is 0.800. The van der Waals surface area contributed by atoms with Crippen LogP contribution in [0, 0.1) is 0 Å². The zero-order valence-electron chi connectivity index (χ0n) is 6.19. The van der Waals surface area contributed by atoms with Crippen LogP contribution in [-0.4, -0.2) is 30.2 Å². The maximum atomic E-state index is 10.4. The molecule has 0 heterocycles. The Labute approximate surface area is 63.8 Å². The Morgan fingerprint density at radius 1 is 1.91 bits per heavy atom. The van der Waals surface area contributed by atoms with Gasteiger partial charge in [-0.15, -0.1) is 0 Å². The van der Waals surface area contributed by atoms with E-state index in [4.69, 9.17) is 10.6 Å². The average Bonchev–Trinajstić information content (AvgIpc) is 1.97. The Morgan fingerprint density at radius 2 is 2.55 bits per heavy atom. The molecule has 2 N–H and O–H groups in total. The summed E-state index contributed by atoms with van der Waals surface area (Å²) in [6.07, 6.45) is 0. The van der Waals surface area contributed by atoms with Crippen molar-refractivity contribution in [2.75, 3.05) is 13.2 Å². The summed E-state index contributed by atoms with van der Waals surface area (Å²) >= 11 is 0. The number of aliphatic hydroxyl groups is 1. The van der Waals surface area contributed by atoms with Gasteiger partial charge in [0.15, 0.2) is 0 Å². The lowest BCUT2D eigenvalue weighted by molar-refractivity contribution is -0.119. The average molecular weight is 158 g/mol. The standard InChI is InChI=1S/C5H10N4O2/c1-4(11)8-5(3-10)2-7-9-6/h5,10H,2-3H2,1H3,(H,8,11). The van der Waals surface area contributed by atoms with Gasteiger partial charge in [0.05, 0.1) is 12.6 Å². The summed E-state index contributed by atoms with van der Waals surface area (Å²) in [6.45, 7) is 1.18. The number of azide groups is 1. The highest BCUT2D eigenvalue weighted by atomic mass is 16.3. The summed E-state index contributed by atoms with van der Waals surface area (Å²) in [5.41, 5.74) is 7.91. The van der Waals surface area contributed by atoms with E-state index in [1.165, 1.54) is 6.92 Å². The van der Waals surface area contributed by atoms with Crippen molar-refractivity contribution < 1.29 is 9.90 Å². The van der Waals surface area contributed by atoms with Gasteiger partial charge in [-0.3, -0.25) is 4.79 Å². The number of hydrogen-bond acceptors (Lipinski definition) is 3. The Kier molecular flexibility index (Phi) is 4.89. The molecule has 0 spiro atoms. The number of rotatable bonds is 4. The molecule has 0 saturated carbocycles. The zero-order chi connectivity index (χ0) is 8.69.